The van der Waals surface area contributed by atoms with Crippen LogP contribution in [-0.4, -0.2) is 17.6 Å². The van der Waals surface area contributed by atoms with E-state index >= 15 is 0 Å². The summed E-state index contributed by atoms with van der Waals surface area (Å²) in [4.78, 5) is 4.48. The maximum absolute atomic E-state index is 4.48. The third-order valence-electron chi connectivity index (χ3n) is 3.25. The molecule has 1 heterocycles. The Morgan fingerprint density at radius 1 is 1.21 bits per heavy atom. The Morgan fingerprint density at radius 3 is 2.68 bits per heavy atom. The van der Waals surface area contributed by atoms with Gasteiger partial charge in [-0.3, -0.25) is 0 Å². The molecule has 0 aliphatic rings. The van der Waals surface area contributed by atoms with E-state index in [1.807, 2.05) is 0 Å². The second-order valence-electron chi connectivity index (χ2n) is 4.99. The van der Waals surface area contributed by atoms with Gasteiger partial charge in [0, 0.05) is 24.4 Å². The van der Waals surface area contributed by atoms with Crippen molar-refractivity contribution in [1.82, 2.24) is 10.3 Å². The van der Waals surface area contributed by atoms with E-state index in [1.165, 1.54) is 17.7 Å². The highest BCUT2D eigenvalue weighted by molar-refractivity contribution is 7.09. The van der Waals surface area contributed by atoms with Gasteiger partial charge in [0.05, 0.1) is 10.7 Å². The molecule has 3 heteroatoms. The monoisotopic (exact) mass is 274 g/mol. The summed E-state index contributed by atoms with van der Waals surface area (Å²) in [5.74, 6) is 0. The van der Waals surface area contributed by atoms with Gasteiger partial charge in [-0.2, -0.15) is 0 Å². The van der Waals surface area contributed by atoms with Crippen molar-refractivity contribution in [1.29, 1.82) is 0 Å². The van der Waals surface area contributed by atoms with E-state index in [0.29, 0.717) is 6.04 Å². The van der Waals surface area contributed by atoms with Crippen LogP contribution in [0.5, 0.6) is 0 Å². The molecule has 1 aromatic heterocycles. The highest BCUT2D eigenvalue weighted by atomic mass is 32.1. The highest BCUT2D eigenvalue weighted by Crippen LogP contribution is 2.08. The SMILES string of the molecule is Cc1nc(CCNC(C)CCc2ccccc2)cs1. The van der Waals surface area contributed by atoms with Crippen LogP contribution in [0.25, 0.3) is 0 Å². The lowest BCUT2D eigenvalue weighted by molar-refractivity contribution is 0.516. The van der Waals surface area contributed by atoms with Crippen molar-refractivity contribution in [3.05, 3.63) is 52.0 Å². The van der Waals surface area contributed by atoms with Gasteiger partial charge in [-0.05, 0) is 32.3 Å². The van der Waals surface area contributed by atoms with E-state index in [4.69, 9.17) is 0 Å². The van der Waals surface area contributed by atoms with Gasteiger partial charge in [0.25, 0.3) is 0 Å². The minimum Gasteiger partial charge on any atom is -0.314 e. The summed E-state index contributed by atoms with van der Waals surface area (Å²) < 4.78 is 0. The minimum absolute atomic E-state index is 0.555. The van der Waals surface area contributed by atoms with E-state index < -0.39 is 0 Å². The zero-order valence-electron chi connectivity index (χ0n) is 11.7. The third-order valence-corrected chi connectivity index (χ3v) is 4.07. The lowest BCUT2D eigenvalue weighted by atomic mass is 10.1. The molecule has 0 bridgehead atoms. The minimum atomic E-state index is 0.555. The Labute approximate surface area is 119 Å². The van der Waals surface area contributed by atoms with Crippen LogP contribution in [0.4, 0.5) is 0 Å². The Balaban J connectivity index is 1.63. The predicted octanol–water partition coefficient (Wildman–Crippen LogP) is 3.60. The van der Waals surface area contributed by atoms with Crippen LogP contribution in [0.15, 0.2) is 35.7 Å². The number of hydrogen-bond acceptors (Lipinski definition) is 3. The fourth-order valence-electron chi connectivity index (χ4n) is 2.10. The summed E-state index contributed by atoms with van der Waals surface area (Å²) in [6.07, 6.45) is 3.35. The maximum atomic E-state index is 4.48. The molecule has 0 radical (unpaired) electrons. The third kappa shape index (κ3) is 5.13. The Morgan fingerprint density at radius 2 is 2.00 bits per heavy atom. The molecule has 0 spiro atoms. The number of benzene rings is 1. The summed E-state index contributed by atoms with van der Waals surface area (Å²) in [6, 6.07) is 11.2. The first-order valence-corrected chi connectivity index (χ1v) is 7.80. The number of aromatic nitrogens is 1. The summed E-state index contributed by atoms with van der Waals surface area (Å²) in [6.45, 7) is 5.33. The first kappa shape index (κ1) is 14.2. The van der Waals surface area contributed by atoms with Crippen LogP contribution < -0.4 is 5.32 Å². The largest absolute Gasteiger partial charge is 0.314 e. The van der Waals surface area contributed by atoms with E-state index in [0.717, 1.165) is 24.4 Å². The average Bonchev–Trinajstić information content (AvgIpc) is 2.83. The molecule has 0 aliphatic heterocycles. The van der Waals surface area contributed by atoms with Crippen molar-refractivity contribution in [3.63, 3.8) is 0 Å². The normalized spacial score (nSPS) is 12.5. The van der Waals surface area contributed by atoms with Crippen LogP contribution in [0.1, 0.15) is 29.6 Å². The highest BCUT2D eigenvalue weighted by Gasteiger charge is 2.03. The number of nitrogens with zero attached hydrogens (tertiary/aromatic N) is 1. The van der Waals surface area contributed by atoms with E-state index in [2.05, 4.69) is 59.9 Å². The summed E-state index contributed by atoms with van der Waals surface area (Å²) in [7, 11) is 0. The second-order valence-corrected chi connectivity index (χ2v) is 6.05. The Hall–Kier alpha value is -1.19. The number of nitrogens with one attached hydrogen (secondary N) is 1. The molecule has 1 N–H and O–H groups in total. The van der Waals surface area contributed by atoms with E-state index in [1.54, 1.807) is 11.3 Å². The van der Waals surface area contributed by atoms with Crippen molar-refractivity contribution in [2.75, 3.05) is 6.54 Å². The number of aryl methyl sites for hydroxylation is 2. The molecule has 1 unspecified atom stereocenters. The number of hydrogen-bond donors (Lipinski definition) is 1. The fraction of sp³-hybridized carbons (Fsp3) is 0.438. The molecule has 0 fully saturated rings. The van der Waals surface area contributed by atoms with Crippen molar-refractivity contribution in [2.45, 2.75) is 39.2 Å². The van der Waals surface area contributed by atoms with Crippen LogP contribution in [0, 0.1) is 6.92 Å². The molecule has 102 valence electrons. The number of thiazole rings is 1. The summed E-state index contributed by atoms with van der Waals surface area (Å²) in [5.41, 5.74) is 2.64. The molecular formula is C16H22N2S. The molecular weight excluding hydrogens is 252 g/mol. The van der Waals surface area contributed by atoms with Gasteiger partial charge in [-0.15, -0.1) is 11.3 Å². The van der Waals surface area contributed by atoms with Gasteiger partial charge >= 0.3 is 0 Å². The van der Waals surface area contributed by atoms with Gasteiger partial charge in [-0.25, -0.2) is 4.98 Å². The zero-order valence-corrected chi connectivity index (χ0v) is 12.5. The van der Waals surface area contributed by atoms with Crippen LogP contribution >= 0.6 is 11.3 Å². The molecule has 19 heavy (non-hydrogen) atoms. The summed E-state index contributed by atoms with van der Waals surface area (Å²) in [5, 5.41) is 6.89. The zero-order chi connectivity index (χ0) is 13.5. The molecule has 2 rings (SSSR count). The smallest absolute Gasteiger partial charge is 0.0897 e. The molecule has 2 nitrogen and oxygen atoms in total. The van der Waals surface area contributed by atoms with Gasteiger partial charge < -0.3 is 5.32 Å². The molecule has 0 aliphatic carbocycles. The van der Waals surface area contributed by atoms with E-state index in [9.17, 15) is 0 Å². The Bertz CT molecular complexity index is 479. The van der Waals surface area contributed by atoms with Crippen LogP contribution in [0.3, 0.4) is 0 Å². The second kappa shape index (κ2) is 7.41. The van der Waals surface area contributed by atoms with Gasteiger partial charge in [0.1, 0.15) is 0 Å². The lowest BCUT2D eigenvalue weighted by Gasteiger charge is -2.13. The van der Waals surface area contributed by atoms with Crippen LogP contribution in [-0.2, 0) is 12.8 Å². The predicted molar refractivity (Wildman–Crippen MR) is 82.8 cm³/mol. The topological polar surface area (TPSA) is 24.9 Å². The van der Waals surface area contributed by atoms with Gasteiger partial charge in [0.15, 0.2) is 0 Å². The van der Waals surface area contributed by atoms with Crippen molar-refractivity contribution in [3.8, 4) is 0 Å². The summed E-state index contributed by atoms with van der Waals surface area (Å²) >= 11 is 1.73. The van der Waals surface area contributed by atoms with Crippen molar-refractivity contribution >= 4 is 11.3 Å². The molecule has 0 saturated heterocycles. The van der Waals surface area contributed by atoms with Crippen molar-refractivity contribution in [2.24, 2.45) is 0 Å². The first-order valence-electron chi connectivity index (χ1n) is 6.92. The average molecular weight is 274 g/mol. The molecule has 0 saturated carbocycles. The molecule has 1 atom stereocenters. The fourth-order valence-corrected chi connectivity index (χ4v) is 2.75. The first-order chi connectivity index (χ1) is 9.24. The molecule has 0 amide bonds. The number of rotatable bonds is 7. The van der Waals surface area contributed by atoms with E-state index in [-0.39, 0.29) is 0 Å². The van der Waals surface area contributed by atoms with Gasteiger partial charge in [0.2, 0.25) is 0 Å². The van der Waals surface area contributed by atoms with Crippen molar-refractivity contribution < 1.29 is 0 Å². The van der Waals surface area contributed by atoms with Gasteiger partial charge in [-0.1, -0.05) is 30.3 Å². The lowest BCUT2D eigenvalue weighted by Crippen LogP contribution is -2.28. The standard InChI is InChI=1S/C16H22N2S/c1-13(8-9-15-6-4-3-5-7-15)17-11-10-16-12-19-14(2)18-16/h3-7,12-13,17H,8-11H2,1-2H3. The van der Waals surface area contributed by atoms with Crippen LogP contribution in [0.2, 0.25) is 0 Å². The Kier molecular flexibility index (Phi) is 5.55. The maximum Gasteiger partial charge on any atom is 0.0897 e. The molecule has 2 aromatic rings. The molecule has 1 aromatic carbocycles. The quantitative estimate of drug-likeness (QED) is 0.834.